The molecule has 9 aromatic rings. The molecule has 0 saturated carbocycles. The summed E-state index contributed by atoms with van der Waals surface area (Å²) in [5.41, 5.74) is 11.6. The third kappa shape index (κ3) is 5.88. The van der Waals surface area contributed by atoms with Gasteiger partial charge in [0, 0.05) is 27.3 Å². The summed E-state index contributed by atoms with van der Waals surface area (Å²) in [6.45, 7) is 1.89. The van der Waals surface area contributed by atoms with Gasteiger partial charge in [-0.1, -0.05) is 158 Å². The zero-order valence-corrected chi connectivity index (χ0v) is 31.0. The molecule has 1 aliphatic heterocycles. The van der Waals surface area contributed by atoms with Crippen molar-refractivity contribution in [2.75, 3.05) is 6.66 Å². The summed E-state index contributed by atoms with van der Waals surface area (Å²) in [4.78, 5) is 15.0. The lowest BCUT2D eigenvalue weighted by Crippen LogP contribution is -2.07. The van der Waals surface area contributed by atoms with Gasteiger partial charge in [0.2, 0.25) is 0 Å². The fraction of sp³-hybridized carbons (Fsp3) is 0.0200. The maximum absolute atomic E-state index is 13.9. The Morgan fingerprint density at radius 3 is 1.62 bits per heavy atom. The maximum atomic E-state index is 13.9. The summed E-state index contributed by atoms with van der Waals surface area (Å²) in [5, 5.41) is 4.22. The molecule has 1 atom stereocenters. The molecule has 0 amide bonds. The predicted molar refractivity (Wildman–Crippen MR) is 228 cm³/mol. The second kappa shape index (κ2) is 13.3. The highest BCUT2D eigenvalue weighted by atomic mass is 31.2. The Balaban J connectivity index is 1.06. The van der Waals surface area contributed by atoms with Gasteiger partial charge in [-0.15, -0.1) is 0 Å². The molecule has 2 heterocycles. The first-order valence-corrected chi connectivity index (χ1v) is 20.6. The molecule has 10 rings (SSSR count). The second-order valence-electron chi connectivity index (χ2n) is 14.1. The Labute approximate surface area is 320 Å². The largest absolute Gasteiger partial charge is 0.314 e. The zero-order chi connectivity index (χ0) is 36.9. The molecule has 0 bridgehead atoms. The van der Waals surface area contributed by atoms with Crippen molar-refractivity contribution in [3.63, 3.8) is 0 Å². The molecule has 0 saturated heterocycles. The van der Waals surface area contributed by atoms with Crippen molar-refractivity contribution in [3.05, 3.63) is 188 Å². The van der Waals surface area contributed by atoms with Crippen molar-refractivity contribution in [2.24, 2.45) is 0 Å². The highest BCUT2D eigenvalue weighted by Gasteiger charge is 2.34. The van der Waals surface area contributed by atoms with Crippen LogP contribution in [-0.2, 0) is 4.57 Å². The summed E-state index contributed by atoms with van der Waals surface area (Å²) < 4.78 is 13.9. The number of rotatable bonds is 6. The first-order valence-electron chi connectivity index (χ1n) is 18.4. The Hall–Kier alpha value is -6.74. The fourth-order valence-corrected chi connectivity index (χ4v) is 10.1. The van der Waals surface area contributed by atoms with Crippen molar-refractivity contribution < 1.29 is 4.57 Å². The van der Waals surface area contributed by atoms with Crippen LogP contribution in [-0.4, -0.2) is 21.6 Å². The van der Waals surface area contributed by atoms with E-state index in [1.807, 2.05) is 61.3 Å². The molecule has 0 spiro atoms. The average molecular weight is 724 g/mol. The molecule has 0 N–H and O–H groups in total. The van der Waals surface area contributed by atoms with Crippen LogP contribution in [0.15, 0.2) is 188 Å². The lowest BCUT2D eigenvalue weighted by atomic mass is 9.91. The van der Waals surface area contributed by atoms with Crippen molar-refractivity contribution in [1.82, 2.24) is 15.0 Å². The smallest absolute Gasteiger partial charge is 0.164 e. The number of hydrogen-bond donors (Lipinski definition) is 0. The summed E-state index contributed by atoms with van der Waals surface area (Å²) in [5.74, 6) is 1.87. The fourth-order valence-electron chi connectivity index (χ4n) is 7.84. The number of hydrogen-bond acceptors (Lipinski definition) is 4. The van der Waals surface area contributed by atoms with Gasteiger partial charge in [0.1, 0.15) is 7.14 Å². The Morgan fingerprint density at radius 2 is 0.855 bits per heavy atom. The SMILES string of the molecule is CP1(=O)c2ccccc2-c2cc(-c3cc(-c4ccc(-c5nc(-c6ccccc6)nc(-c6cccc(-c7ccccc7)c6)n5)cc4)c4ccccc4c3)ccc21. The van der Waals surface area contributed by atoms with E-state index in [4.69, 9.17) is 15.0 Å². The summed E-state index contributed by atoms with van der Waals surface area (Å²) >= 11 is 0. The monoisotopic (exact) mass is 723 g/mol. The predicted octanol–water partition coefficient (Wildman–Crippen LogP) is 12.0. The lowest BCUT2D eigenvalue weighted by Gasteiger charge is -2.14. The van der Waals surface area contributed by atoms with Crippen molar-refractivity contribution in [2.45, 2.75) is 0 Å². The van der Waals surface area contributed by atoms with Gasteiger partial charge >= 0.3 is 0 Å². The molecule has 1 aliphatic rings. The number of nitrogens with zero attached hydrogens (tertiary/aromatic N) is 3. The van der Waals surface area contributed by atoms with E-state index in [1.165, 1.54) is 5.39 Å². The molecule has 1 unspecified atom stereocenters. The van der Waals surface area contributed by atoms with E-state index in [9.17, 15) is 4.57 Å². The van der Waals surface area contributed by atoms with E-state index >= 15 is 0 Å². The molecular weight excluding hydrogens is 690 g/mol. The van der Waals surface area contributed by atoms with Gasteiger partial charge in [0.25, 0.3) is 0 Å². The molecule has 260 valence electrons. The Kier molecular flexibility index (Phi) is 7.94. The molecule has 5 heteroatoms. The van der Waals surface area contributed by atoms with Gasteiger partial charge < -0.3 is 4.57 Å². The van der Waals surface area contributed by atoms with E-state index in [2.05, 4.69) is 133 Å². The van der Waals surface area contributed by atoms with Crippen molar-refractivity contribution >= 4 is 28.5 Å². The van der Waals surface area contributed by atoms with Crippen LogP contribution in [0.25, 0.3) is 89.4 Å². The Bertz CT molecular complexity index is 2960. The van der Waals surface area contributed by atoms with Gasteiger partial charge in [0.15, 0.2) is 17.5 Å². The number of fused-ring (bicyclic) bond motifs is 4. The van der Waals surface area contributed by atoms with Crippen LogP contribution in [0.2, 0.25) is 0 Å². The van der Waals surface area contributed by atoms with E-state index in [1.54, 1.807) is 0 Å². The summed E-state index contributed by atoms with van der Waals surface area (Å²) in [7, 11) is -2.63. The Morgan fingerprint density at radius 1 is 0.345 bits per heavy atom. The third-order valence-electron chi connectivity index (χ3n) is 10.7. The molecule has 4 nitrogen and oxygen atoms in total. The van der Waals surface area contributed by atoms with E-state index in [0.29, 0.717) is 17.5 Å². The van der Waals surface area contributed by atoms with Crippen LogP contribution in [0.5, 0.6) is 0 Å². The molecule has 8 aromatic carbocycles. The third-order valence-corrected chi connectivity index (χ3v) is 13.3. The lowest BCUT2D eigenvalue weighted by molar-refractivity contribution is 0.591. The van der Waals surface area contributed by atoms with Gasteiger partial charge in [-0.3, -0.25) is 0 Å². The summed E-state index contributed by atoms with van der Waals surface area (Å²) in [6, 6.07) is 64.9. The van der Waals surface area contributed by atoms with Crippen LogP contribution >= 0.6 is 7.14 Å². The normalized spacial score (nSPS) is 14.4. The van der Waals surface area contributed by atoms with Gasteiger partial charge in [0.05, 0.1) is 0 Å². The van der Waals surface area contributed by atoms with Gasteiger partial charge in [-0.2, -0.15) is 0 Å². The van der Waals surface area contributed by atoms with Crippen molar-refractivity contribution in [3.8, 4) is 78.7 Å². The van der Waals surface area contributed by atoms with E-state index < -0.39 is 7.14 Å². The quantitative estimate of drug-likeness (QED) is 0.160. The standard InChI is InChI=1S/C50H34N3OP/c1-55(54)46-22-11-10-21-43(46)45-31-38(27-28-47(45)55)41-30-39-17-8-9-20-42(39)44(32-41)34-23-25-36(26-24-34)49-51-48(35-15-6-3-7-16-35)52-50(53-49)40-19-12-18-37(29-40)33-13-4-2-5-14-33/h2-32H,1H3. The number of benzene rings is 8. The number of aromatic nitrogens is 3. The molecular formula is C50H34N3OP. The zero-order valence-electron chi connectivity index (χ0n) is 30.1. The maximum Gasteiger partial charge on any atom is 0.164 e. The second-order valence-corrected chi connectivity index (χ2v) is 16.9. The topological polar surface area (TPSA) is 55.7 Å². The van der Waals surface area contributed by atoms with Crippen molar-refractivity contribution in [1.29, 1.82) is 0 Å². The summed E-state index contributed by atoms with van der Waals surface area (Å²) in [6.07, 6.45) is 0. The van der Waals surface area contributed by atoms with Crippen LogP contribution in [0.3, 0.4) is 0 Å². The minimum atomic E-state index is -2.63. The highest BCUT2D eigenvalue weighted by molar-refractivity contribution is 7.79. The first kappa shape index (κ1) is 32.9. The van der Waals surface area contributed by atoms with Crippen LogP contribution in [0.4, 0.5) is 0 Å². The molecule has 0 fully saturated rings. The van der Waals surface area contributed by atoms with Gasteiger partial charge in [-0.25, -0.2) is 15.0 Å². The van der Waals surface area contributed by atoms with Gasteiger partial charge in [-0.05, 0) is 92.3 Å². The van der Waals surface area contributed by atoms with E-state index in [-0.39, 0.29) is 0 Å². The molecule has 55 heavy (non-hydrogen) atoms. The first-order chi connectivity index (χ1) is 27.0. The minimum absolute atomic E-state index is 0.616. The highest BCUT2D eigenvalue weighted by Crippen LogP contribution is 2.50. The average Bonchev–Trinajstić information content (AvgIpc) is 3.49. The van der Waals surface area contributed by atoms with Crippen LogP contribution in [0, 0.1) is 0 Å². The van der Waals surface area contributed by atoms with E-state index in [0.717, 1.165) is 77.2 Å². The molecule has 0 aliphatic carbocycles. The van der Waals surface area contributed by atoms with Crippen LogP contribution in [0.1, 0.15) is 0 Å². The molecule has 1 aromatic heterocycles. The van der Waals surface area contributed by atoms with Crippen LogP contribution < -0.4 is 10.6 Å². The minimum Gasteiger partial charge on any atom is -0.314 e. The molecule has 0 radical (unpaired) electrons.